The number of hydrogen-bond acceptors (Lipinski definition) is 4. The molecule has 0 saturated heterocycles. The molecular weight excluding hydrogens is 272 g/mol. The predicted molar refractivity (Wildman–Crippen MR) is 78.0 cm³/mol. The van der Waals surface area contributed by atoms with Crippen LogP contribution in [0.15, 0.2) is 18.2 Å². The summed E-state index contributed by atoms with van der Waals surface area (Å²) in [5, 5.41) is 12.1. The Hall–Kier alpha value is -2.24. The van der Waals surface area contributed by atoms with Gasteiger partial charge in [-0.2, -0.15) is 0 Å². The van der Waals surface area contributed by atoms with E-state index in [1.165, 1.54) is 0 Å². The van der Waals surface area contributed by atoms with E-state index in [1.54, 1.807) is 39.0 Å². The molecule has 1 aliphatic rings. The lowest BCUT2D eigenvalue weighted by Gasteiger charge is -2.28. The molecule has 2 rings (SSSR count). The molecule has 6 nitrogen and oxygen atoms in total. The van der Waals surface area contributed by atoms with Crippen molar-refractivity contribution in [2.24, 2.45) is 0 Å². The van der Waals surface area contributed by atoms with Gasteiger partial charge < -0.3 is 20.9 Å². The van der Waals surface area contributed by atoms with Crippen LogP contribution in [0.3, 0.4) is 0 Å². The topological polar surface area (TPSA) is 102 Å². The van der Waals surface area contributed by atoms with Crippen molar-refractivity contribution in [3.63, 3.8) is 0 Å². The molecule has 0 aliphatic heterocycles. The second-order valence-corrected chi connectivity index (χ2v) is 6.40. The molecule has 4 N–H and O–H groups in total. The van der Waals surface area contributed by atoms with Gasteiger partial charge in [0.15, 0.2) is 0 Å². The molecule has 1 atom stereocenters. The van der Waals surface area contributed by atoms with Gasteiger partial charge in [-0.1, -0.05) is 6.07 Å². The zero-order valence-electron chi connectivity index (χ0n) is 12.4. The molecule has 0 bridgehead atoms. The van der Waals surface area contributed by atoms with Gasteiger partial charge in [0, 0.05) is 18.5 Å². The number of alkyl carbamates (subject to hydrolysis) is 1. The van der Waals surface area contributed by atoms with Crippen LogP contribution in [-0.4, -0.2) is 28.3 Å². The Labute approximate surface area is 123 Å². The number of carbonyl (C=O) groups is 2. The van der Waals surface area contributed by atoms with Crippen LogP contribution in [0.2, 0.25) is 0 Å². The van der Waals surface area contributed by atoms with Crippen molar-refractivity contribution >= 4 is 17.7 Å². The summed E-state index contributed by atoms with van der Waals surface area (Å²) in [6.45, 7) is 5.18. The van der Waals surface area contributed by atoms with Crippen LogP contribution < -0.4 is 11.1 Å². The second-order valence-electron chi connectivity index (χ2n) is 6.40. The SMILES string of the molecule is CC(C)(C)OC(=O)NC1(C(=O)O)Cc2ccc(N)cc2C1. The van der Waals surface area contributed by atoms with E-state index >= 15 is 0 Å². The smallest absolute Gasteiger partial charge is 0.408 e. The molecule has 0 fully saturated rings. The van der Waals surface area contributed by atoms with E-state index in [9.17, 15) is 14.7 Å². The lowest BCUT2D eigenvalue weighted by atomic mass is 9.96. The number of aliphatic carboxylic acids is 1. The normalized spacial score (nSPS) is 20.7. The highest BCUT2D eigenvalue weighted by Gasteiger charge is 2.46. The summed E-state index contributed by atoms with van der Waals surface area (Å²) < 4.78 is 5.16. The Morgan fingerprint density at radius 3 is 2.48 bits per heavy atom. The lowest BCUT2D eigenvalue weighted by molar-refractivity contribution is -0.144. The molecule has 1 amide bonds. The molecule has 0 spiro atoms. The minimum Gasteiger partial charge on any atom is -0.479 e. The highest BCUT2D eigenvalue weighted by atomic mass is 16.6. The molecular formula is C15H20N2O4. The third-order valence-electron chi connectivity index (χ3n) is 3.36. The molecule has 1 aromatic rings. The number of fused-ring (bicyclic) bond motifs is 1. The number of carbonyl (C=O) groups excluding carboxylic acids is 1. The lowest BCUT2D eigenvalue weighted by Crippen LogP contribution is -2.56. The molecule has 0 radical (unpaired) electrons. The number of nitrogens with two attached hydrogens (primary N) is 1. The van der Waals surface area contributed by atoms with Crippen molar-refractivity contribution in [3.8, 4) is 0 Å². The number of rotatable bonds is 2. The highest BCUT2D eigenvalue weighted by Crippen LogP contribution is 2.32. The van der Waals surface area contributed by atoms with E-state index in [0.29, 0.717) is 5.69 Å². The monoisotopic (exact) mass is 292 g/mol. The third-order valence-corrected chi connectivity index (χ3v) is 3.36. The van der Waals surface area contributed by atoms with E-state index in [4.69, 9.17) is 10.5 Å². The first-order valence-electron chi connectivity index (χ1n) is 6.73. The third kappa shape index (κ3) is 3.26. The van der Waals surface area contributed by atoms with Gasteiger partial charge in [-0.3, -0.25) is 0 Å². The van der Waals surface area contributed by atoms with Gasteiger partial charge in [0.2, 0.25) is 0 Å². The summed E-state index contributed by atoms with van der Waals surface area (Å²) in [6, 6.07) is 5.27. The molecule has 1 unspecified atom stereocenters. The maximum atomic E-state index is 11.9. The van der Waals surface area contributed by atoms with E-state index in [2.05, 4.69) is 5.32 Å². The summed E-state index contributed by atoms with van der Waals surface area (Å²) in [7, 11) is 0. The summed E-state index contributed by atoms with van der Waals surface area (Å²) in [6.07, 6.45) is -0.315. The molecule has 114 valence electrons. The van der Waals surface area contributed by atoms with Crippen LogP contribution in [0.1, 0.15) is 31.9 Å². The summed E-state index contributed by atoms with van der Waals surface area (Å²) in [4.78, 5) is 23.6. The Balaban J connectivity index is 2.22. The van der Waals surface area contributed by atoms with Crippen molar-refractivity contribution in [2.75, 3.05) is 5.73 Å². The molecule has 1 aliphatic carbocycles. The van der Waals surface area contributed by atoms with Crippen molar-refractivity contribution in [3.05, 3.63) is 29.3 Å². The summed E-state index contributed by atoms with van der Waals surface area (Å²) in [5.74, 6) is -1.08. The van der Waals surface area contributed by atoms with Crippen molar-refractivity contribution in [1.82, 2.24) is 5.32 Å². The predicted octanol–water partition coefficient (Wildman–Crippen LogP) is 1.72. The number of carboxylic acids is 1. The Morgan fingerprint density at radius 1 is 1.29 bits per heavy atom. The molecule has 6 heteroatoms. The Bertz CT molecular complexity index is 592. The van der Waals surface area contributed by atoms with E-state index in [0.717, 1.165) is 11.1 Å². The van der Waals surface area contributed by atoms with E-state index in [1.807, 2.05) is 0 Å². The molecule has 0 heterocycles. The van der Waals surface area contributed by atoms with E-state index < -0.39 is 23.2 Å². The van der Waals surface area contributed by atoms with Gasteiger partial charge in [-0.25, -0.2) is 9.59 Å². The maximum absolute atomic E-state index is 11.9. The van der Waals surface area contributed by atoms with Crippen molar-refractivity contribution in [2.45, 2.75) is 44.8 Å². The first-order chi connectivity index (χ1) is 9.61. The molecule has 0 aromatic heterocycles. The van der Waals surface area contributed by atoms with Gasteiger partial charge in [0.05, 0.1) is 0 Å². The molecule has 0 saturated carbocycles. The van der Waals surface area contributed by atoms with Gasteiger partial charge in [0.25, 0.3) is 0 Å². The first-order valence-corrected chi connectivity index (χ1v) is 6.73. The average Bonchev–Trinajstić information content (AvgIpc) is 2.64. The first kappa shape index (κ1) is 15.2. The second kappa shape index (κ2) is 4.95. The fraction of sp³-hybridized carbons (Fsp3) is 0.467. The zero-order chi connectivity index (χ0) is 15.8. The number of ether oxygens (including phenoxy) is 1. The standard InChI is InChI=1S/C15H20N2O4/c1-14(2,3)21-13(20)17-15(12(18)19)7-9-4-5-11(16)6-10(9)8-15/h4-6H,7-8,16H2,1-3H3,(H,17,20)(H,18,19). The van der Waals surface area contributed by atoms with Gasteiger partial charge >= 0.3 is 12.1 Å². The highest BCUT2D eigenvalue weighted by molar-refractivity contribution is 5.86. The largest absolute Gasteiger partial charge is 0.479 e. The van der Waals surface area contributed by atoms with Crippen LogP contribution in [0.25, 0.3) is 0 Å². The van der Waals surface area contributed by atoms with Gasteiger partial charge in [-0.05, 0) is 44.0 Å². The number of nitrogens with one attached hydrogen (secondary N) is 1. The molecule has 21 heavy (non-hydrogen) atoms. The number of anilines is 1. The summed E-state index contributed by atoms with van der Waals surface area (Å²) >= 11 is 0. The minimum absolute atomic E-state index is 0.196. The minimum atomic E-state index is -1.38. The number of amides is 1. The number of carboxylic acid groups (broad SMARTS) is 1. The number of nitrogen functional groups attached to an aromatic ring is 1. The van der Waals surface area contributed by atoms with E-state index in [-0.39, 0.29) is 12.8 Å². The van der Waals surface area contributed by atoms with Crippen LogP contribution in [0.4, 0.5) is 10.5 Å². The summed E-state index contributed by atoms with van der Waals surface area (Å²) in [5.41, 5.74) is 5.96. The number of benzene rings is 1. The maximum Gasteiger partial charge on any atom is 0.408 e. The zero-order valence-corrected chi connectivity index (χ0v) is 12.4. The number of hydrogen-bond donors (Lipinski definition) is 3. The Morgan fingerprint density at radius 2 is 1.90 bits per heavy atom. The molecule has 1 aromatic carbocycles. The fourth-order valence-electron chi connectivity index (χ4n) is 2.49. The van der Waals surface area contributed by atoms with Crippen molar-refractivity contribution < 1.29 is 19.4 Å². The average molecular weight is 292 g/mol. The Kier molecular flexibility index (Phi) is 3.57. The van der Waals surface area contributed by atoms with Gasteiger partial charge in [0.1, 0.15) is 11.1 Å². The fourth-order valence-corrected chi connectivity index (χ4v) is 2.49. The van der Waals surface area contributed by atoms with Crippen LogP contribution >= 0.6 is 0 Å². The van der Waals surface area contributed by atoms with Crippen molar-refractivity contribution in [1.29, 1.82) is 0 Å². The van der Waals surface area contributed by atoms with Crippen LogP contribution in [0.5, 0.6) is 0 Å². The van der Waals surface area contributed by atoms with Crippen LogP contribution in [0, 0.1) is 0 Å². The quantitative estimate of drug-likeness (QED) is 0.720. The van der Waals surface area contributed by atoms with Gasteiger partial charge in [-0.15, -0.1) is 0 Å². The van der Waals surface area contributed by atoms with Crippen LogP contribution in [-0.2, 0) is 22.4 Å².